The van der Waals surface area contributed by atoms with E-state index >= 15 is 0 Å². The van der Waals surface area contributed by atoms with Crippen LogP contribution >= 0.6 is 0 Å². The summed E-state index contributed by atoms with van der Waals surface area (Å²) in [5.41, 5.74) is 5.16. The van der Waals surface area contributed by atoms with Crippen molar-refractivity contribution in [3.8, 4) is 0 Å². The van der Waals surface area contributed by atoms with Gasteiger partial charge in [0.1, 0.15) is 12.2 Å². The van der Waals surface area contributed by atoms with E-state index in [9.17, 15) is 4.79 Å². The lowest BCUT2D eigenvalue weighted by Gasteiger charge is -2.10. The Balaban J connectivity index is 2.66. The molecule has 1 fully saturated rings. The first kappa shape index (κ1) is 9.40. The van der Waals surface area contributed by atoms with Crippen LogP contribution < -0.4 is 5.73 Å². The zero-order valence-corrected chi connectivity index (χ0v) is 6.25. The van der Waals surface area contributed by atoms with E-state index in [1.807, 2.05) is 0 Å². The van der Waals surface area contributed by atoms with Crippen molar-refractivity contribution in [3.63, 3.8) is 0 Å². The predicted octanol–water partition coefficient (Wildman–Crippen LogP) is -2.48. The van der Waals surface area contributed by atoms with E-state index in [4.69, 9.17) is 25.8 Å². The van der Waals surface area contributed by atoms with Crippen molar-refractivity contribution in [3.05, 3.63) is 0 Å². The highest BCUT2D eigenvalue weighted by Gasteiger charge is 2.45. The summed E-state index contributed by atoms with van der Waals surface area (Å²) in [5, 5.41) is 26.8. The third-order valence-electron chi connectivity index (χ3n) is 1.84. The zero-order chi connectivity index (χ0) is 9.30. The quantitative estimate of drug-likeness (QED) is 0.371. The van der Waals surface area contributed by atoms with Gasteiger partial charge >= 0.3 is 5.97 Å². The molecule has 0 spiro atoms. The number of carbonyl (C=O) groups is 1. The lowest BCUT2D eigenvalue weighted by Crippen LogP contribution is -2.37. The van der Waals surface area contributed by atoms with Gasteiger partial charge in [-0.25, -0.2) is 4.79 Å². The van der Waals surface area contributed by atoms with E-state index < -0.39 is 30.4 Å². The highest BCUT2D eigenvalue weighted by Crippen LogP contribution is 2.20. The minimum absolute atomic E-state index is 0.0119. The second kappa shape index (κ2) is 3.36. The summed E-state index contributed by atoms with van der Waals surface area (Å²) in [5.74, 6) is -1.29. The average molecular weight is 177 g/mol. The molecule has 0 aromatic rings. The molecule has 0 aromatic carbocycles. The number of aliphatic hydroxyl groups is 2. The van der Waals surface area contributed by atoms with E-state index in [-0.39, 0.29) is 6.54 Å². The molecular formula is C6H11NO5. The number of carboxylic acid groups (broad SMARTS) is 1. The van der Waals surface area contributed by atoms with Crippen molar-refractivity contribution in [2.75, 3.05) is 6.54 Å². The number of aliphatic hydroxyl groups excluding tert-OH is 2. The standard InChI is InChI=1S/C6H11NO5/c7-1-2-3(8)4(9)5(12-2)6(10)11/h2-5,8-9H,1,7H2,(H,10,11)/t2-,3-,4+,5+/m0/s1. The van der Waals surface area contributed by atoms with Crippen molar-refractivity contribution >= 4 is 5.97 Å². The molecule has 1 aliphatic rings. The highest BCUT2D eigenvalue weighted by atomic mass is 16.6. The van der Waals surface area contributed by atoms with Crippen LogP contribution in [0.5, 0.6) is 0 Å². The average Bonchev–Trinajstić information content (AvgIpc) is 2.30. The largest absolute Gasteiger partial charge is 0.479 e. The molecule has 0 radical (unpaired) electrons. The Morgan fingerprint density at radius 2 is 2.00 bits per heavy atom. The molecule has 70 valence electrons. The fourth-order valence-corrected chi connectivity index (χ4v) is 1.15. The lowest BCUT2D eigenvalue weighted by atomic mass is 10.1. The molecular weight excluding hydrogens is 166 g/mol. The van der Waals surface area contributed by atoms with Crippen molar-refractivity contribution in [1.82, 2.24) is 0 Å². The number of ether oxygens (including phenoxy) is 1. The maximum absolute atomic E-state index is 10.4. The summed E-state index contributed by atoms with van der Waals surface area (Å²) in [6.07, 6.45) is -4.76. The Kier molecular flexibility index (Phi) is 2.63. The van der Waals surface area contributed by atoms with Gasteiger partial charge in [-0.05, 0) is 0 Å². The van der Waals surface area contributed by atoms with Crippen LogP contribution in [0.1, 0.15) is 0 Å². The first-order chi connectivity index (χ1) is 5.57. The molecule has 0 aliphatic carbocycles. The molecule has 1 saturated heterocycles. The number of aliphatic carboxylic acids is 1. The molecule has 1 aliphatic heterocycles. The summed E-state index contributed by atoms with van der Waals surface area (Å²) in [4.78, 5) is 10.4. The highest BCUT2D eigenvalue weighted by molar-refractivity contribution is 5.73. The van der Waals surface area contributed by atoms with Crippen LogP contribution in [0.25, 0.3) is 0 Å². The summed E-state index contributed by atoms with van der Waals surface area (Å²) >= 11 is 0. The van der Waals surface area contributed by atoms with E-state index in [0.29, 0.717) is 0 Å². The van der Waals surface area contributed by atoms with Gasteiger partial charge in [-0.15, -0.1) is 0 Å². The van der Waals surface area contributed by atoms with Crippen LogP contribution in [-0.2, 0) is 9.53 Å². The Morgan fingerprint density at radius 1 is 1.42 bits per heavy atom. The third kappa shape index (κ3) is 1.42. The Morgan fingerprint density at radius 3 is 2.25 bits per heavy atom. The fraction of sp³-hybridized carbons (Fsp3) is 0.833. The van der Waals surface area contributed by atoms with E-state index in [1.54, 1.807) is 0 Å². The van der Waals surface area contributed by atoms with Gasteiger partial charge in [-0.1, -0.05) is 0 Å². The summed E-state index contributed by atoms with van der Waals surface area (Å²) in [6.45, 7) is -0.0119. The van der Waals surface area contributed by atoms with Crippen LogP contribution in [-0.4, -0.2) is 52.2 Å². The number of hydrogen-bond donors (Lipinski definition) is 4. The van der Waals surface area contributed by atoms with Gasteiger partial charge < -0.3 is 25.8 Å². The Bertz CT molecular complexity index is 185. The Hall–Kier alpha value is -0.690. The Labute approximate surface area is 68.6 Å². The lowest BCUT2D eigenvalue weighted by molar-refractivity contribution is -0.153. The summed E-state index contributed by atoms with van der Waals surface area (Å²) < 4.78 is 4.77. The van der Waals surface area contributed by atoms with Crippen LogP contribution in [0, 0.1) is 0 Å². The topological polar surface area (TPSA) is 113 Å². The molecule has 0 bridgehead atoms. The van der Waals surface area contributed by atoms with Gasteiger partial charge in [0, 0.05) is 6.54 Å². The van der Waals surface area contributed by atoms with Gasteiger partial charge in [0.25, 0.3) is 0 Å². The number of nitrogens with two attached hydrogens (primary N) is 1. The second-order valence-corrected chi connectivity index (χ2v) is 2.65. The minimum Gasteiger partial charge on any atom is -0.479 e. The predicted molar refractivity (Wildman–Crippen MR) is 37.4 cm³/mol. The molecule has 5 N–H and O–H groups in total. The molecule has 0 amide bonds. The van der Waals surface area contributed by atoms with Crippen LogP contribution in [0.2, 0.25) is 0 Å². The summed E-state index contributed by atoms with van der Waals surface area (Å²) in [6, 6.07) is 0. The smallest absolute Gasteiger partial charge is 0.335 e. The number of hydrogen-bond acceptors (Lipinski definition) is 5. The van der Waals surface area contributed by atoms with E-state index in [0.717, 1.165) is 0 Å². The first-order valence-corrected chi connectivity index (χ1v) is 3.52. The van der Waals surface area contributed by atoms with Crippen molar-refractivity contribution in [1.29, 1.82) is 0 Å². The molecule has 1 rings (SSSR count). The molecule has 1 heterocycles. The number of carboxylic acids is 1. The first-order valence-electron chi connectivity index (χ1n) is 3.52. The van der Waals surface area contributed by atoms with Crippen LogP contribution in [0.3, 0.4) is 0 Å². The maximum atomic E-state index is 10.4. The molecule has 6 nitrogen and oxygen atoms in total. The van der Waals surface area contributed by atoms with Gasteiger partial charge in [0.2, 0.25) is 0 Å². The maximum Gasteiger partial charge on any atom is 0.335 e. The van der Waals surface area contributed by atoms with Gasteiger partial charge in [0.15, 0.2) is 6.10 Å². The SMILES string of the molecule is NC[C@@H]1O[C@@H](C(=O)O)[C@H](O)[C@H]1O. The zero-order valence-electron chi connectivity index (χ0n) is 6.25. The van der Waals surface area contributed by atoms with Crippen molar-refractivity contribution in [2.24, 2.45) is 5.73 Å². The molecule has 4 atom stereocenters. The van der Waals surface area contributed by atoms with Crippen molar-refractivity contribution < 1.29 is 24.9 Å². The molecule has 12 heavy (non-hydrogen) atoms. The van der Waals surface area contributed by atoms with E-state index in [1.165, 1.54) is 0 Å². The van der Waals surface area contributed by atoms with Gasteiger partial charge in [0.05, 0.1) is 6.10 Å². The molecule has 0 saturated carbocycles. The molecule has 0 aromatic heterocycles. The summed E-state index contributed by atoms with van der Waals surface area (Å²) in [7, 11) is 0. The van der Waals surface area contributed by atoms with Gasteiger partial charge in [-0.2, -0.15) is 0 Å². The van der Waals surface area contributed by atoms with Crippen LogP contribution in [0.4, 0.5) is 0 Å². The monoisotopic (exact) mass is 177 g/mol. The third-order valence-corrected chi connectivity index (χ3v) is 1.84. The molecule has 0 unspecified atom stereocenters. The van der Waals surface area contributed by atoms with E-state index in [2.05, 4.69) is 0 Å². The number of rotatable bonds is 2. The van der Waals surface area contributed by atoms with Crippen molar-refractivity contribution in [2.45, 2.75) is 24.4 Å². The second-order valence-electron chi connectivity index (χ2n) is 2.65. The normalized spacial score (nSPS) is 41.6. The minimum atomic E-state index is -1.39. The van der Waals surface area contributed by atoms with Crippen LogP contribution in [0.15, 0.2) is 0 Å². The fourth-order valence-electron chi connectivity index (χ4n) is 1.15. The van der Waals surface area contributed by atoms with Gasteiger partial charge in [-0.3, -0.25) is 0 Å². The molecule has 6 heteroatoms.